The Balaban J connectivity index is 2.54. The number of carbonyl (C=O) groups excluding carboxylic acids is 1. The zero-order valence-electron chi connectivity index (χ0n) is 9.90. The average Bonchev–Trinajstić information content (AvgIpc) is 2.86. The number of esters is 1. The van der Waals surface area contributed by atoms with Gasteiger partial charge in [0.25, 0.3) is 0 Å². The predicted molar refractivity (Wildman–Crippen MR) is 62.0 cm³/mol. The number of guanidine groups is 1. The highest BCUT2D eigenvalue weighted by molar-refractivity contribution is 5.79. The van der Waals surface area contributed by atoms with Crippen LogP contribution in [0.5, 0.6) is 0 Å². The number of methoxy groups -OCH3 is 1. The Kier molecular flexibility index (Phi) is 5.23. The molecule has 0 unspecified atom stereocenters. The summed E-state index contributed by atoms with van der Waals surface area (Å²) in [6, 6.07) is -0.731. The van der Waals surface area contributed by atoms with Gasteiger partial charge in [-0.05, 0) is 12.8 Å². The molecule has 0 amide bonds. The summed E-state index contributed by atoms with van der Waals surface area (Å²) in [5.74, 6) is 0.137. The van der Waals surface area contributed by atoms with E-state index < -0.39 is 12.0 Å². The smallest absolute Gasteiger partial charge is 0.415 e. The molecule has 1 aliphatic rings. The number of nitrogens with two attached hydrogens (primary N) is 1. The zero-order chi connectivity index (χ0) is 12.7. The second-order valence-corrected chi connectivity index (χ2v) is 3.78. The van der Waals surface area contributed by atoms with Crippen molar-refractivity contribution in [3.05, 3.63) is 11.5 Å². The maximum absolute atomic E-state index is 11.1. The second-order valence-electron chi connectivity index (χ2n) is 3.78. The highest BCUT2D eigenvalue weighted by Crippen LogP contribution is 2.00. The van der Waals surface area contributed by atoms with E-state index in [2.05, 4.69) is 20.4 Å². The van der Waals surface area contributed by atoms with Gasteiger partial charge in [0, 0.05) is 5.43 Å². The van der Waals surface area contributed by atoms with Gasteiger partial charge in [-0.25, -0.2) is 0 Å². The van der Waals surface area contributed by atoms with Crippen molar-refractivity contribution in [1.29, 1.82) is 0 Å². The largest absolute Gasteiger partial charge is 0.468 e. The Labute approximate surface area is 100 Å². The van der Waals surface area contributed by atoms with Crippen LogP contribution in [0.1, 0.15) is 12.8 Å². The summed E-state index contributed by atoms with van der Waals surface area (Å²) in [5, 5.41) is 2.97. The van der Waals surface area contributed by atoms with E-state index in [1.165, 1.54) is 7.11 Å². The van der Waals surface area contributed by atoms with Crippen LogP contribution in [0.25, 0.3) is 4.95 Å². The third kappa shape index (κ3) is 3.92. The first kappa shape index (κ1) is 13.3. The fraction of sp³-hybridized carbons (Fsp3) is 0.700. The fourth-order valence-corrected chi connectivity index (χ4v) is 1.66. The molecule has 0 aromatic rings. The number of carbonyl (C=O) groups is 1. The first-order chi connectivity index (χ1) is 8.19. The summed E-state index contributed by atoms with van der Waals surface area (Å²) < 4.78 is 6.55. The Morgan fingerprint density at radius 2 is 2.24 bits per heavy atom. The van der Waals surface area contributed by atoms with Gasteiger partial charge >= 0.3 is 11.9 Å². The van der Waals surface area contributed by atoms with Crippen LogP contribution in [0.4, 0.5) is 0 Å². The number of ether oxygens (including phenoxy) is 1. The summed E-state index contributed by atoms with van der Waals surface area (Å²) in [6.07, 6.45) is 2.21. The topological polar surface area (TPSA) is 83.8 Å². The predicted octanol–water partition coefficient (Wildman–Crippen LogP) is -1.34. The maximum atomic E-state index is 11.1. The zero-order valence-corrected chi connectivity index (χ0v) is 9.90. The van der Waals surface area contributed by atoms with Crippen molar-refractivity contribution in [1.82, 2.24) is 10.7 Å². The van der Waals surface area contributed by atoms with Gasteiger partial charge < -0.3 is 10.5 Å². The lowest BCUT2D eigenvalue weighted by atomic mass is 10.3. The molecule has 0 aromatic carbocycles. The first-order valence-electron chi connectivity index (χ1n) is 5.50. The van der Waals surface area contributed by atoms with Crippen LogP contribution in [-0.2, 0) is 9.53 Å². The summed E-state index contributed by atoms with van der Waals surface area (Å²) in [6.45, 7) is 8.85. The van der Waals surface area contributed by atoms with Crippen molar-refractivity contribution in [2.24, 2.45) is 5.73 Å². The third-order valence-electron chi connectivity index (χ3n) is 2.58. The molecule has 0 aromatic heterocycles. The van der Waals surface area contributed by atoms with E-state index in [9.17, 15) is 4.79 Å². The van der Waals surface area contributed by atoms with Crippen molar-refractivity contribution in [2.45, 2.75) is 18.9 Å². The van der Waals surface area contributed by atoms with Gasteiger partial charge in [0.1, 0.15) is 6.04 Å². The summed E-state index contributed by atoms with van der Waals surface area (Å²) in [7, 11) is 1.30. The van der Waals surface area contributed by atoms with E-state index in [0.29, 0.717) is 5.96 Å². The Morgan fingerprint density at radius 1 is 1.59 bits per heavy atom. The van der Waals surface area contributed by atoms with Crippen LogP contribution in [0, 0.1) is 6.57 Å². The summed E-state index contributed by atoms with van der Waals surface area (Å²) in [4.78, 5) is 14.2. The molecule has 1 rings (SSSR count). The van der Waals surface area contributed by atoms with Crippen LogP contribution in [-0.4, -0.2) is 49.3 Å². The van der Waals surface area contributed by atoms with E-state index in [4.69, 9.17) is 12.3 Å². The lowest BCUT2D eigenvalue weighted by molar-refractivity contribution is -0.510. The minimum absolute atomic E-state index is 0.237. The van der Waals surface area contributed by atoms with Crippen LogP contribution < -0.4 is 16.5 Å². The van der Waals surface area contributed by atoms with E-state index in [1.54, 1.807) is 0 Å². The quantitative estimate of drug-likeness (QED) is 0.187. The minimum atomic E-state index is -0.731. The standard InChI is InChI=1S/C10H17N5O2/c1-12-14-10(15-5-3-4-6-15)13-7-8(11)9(16)17-2/h8H,3-7,11H2,2H3,(H,13,14)/p+1/t8-/m0/s1. The molecule has 1 aliphatic heterocycles. The van der Waals surface area contributed by atoms with E-state index in [1.807, 2.05) is 4.58 Å². The van der Waals surface area contributed by atoms with Crippen LogP contribution in [0.3, 0.4) is 0 Å². The molecular weight excluding hydrogens is 222 g/mol. The normalized spacial score (nSPS) is 15.9. The Morgan fingerprint density at radius 3 is 2.76 bits per heavy atom. The van der Waals surface area contributed by atoms with Crippen molar-refractivity contribution in [2.75, 3.05) is 26.7 Å². The number of hydrogen-bond donors (Lipinski definition) is 3. The number of nitrogens with zero attached hydrogens (tertiary/aromatic N) is 2. The lowest BCUT2D eigenvalue weighted by Crippen LogP contribution is -2.48. The molecule has 7 nitrogen and oxygen atoms in total. The number of rotatable bonds is 3. The first-order valence-corrected chi connectivity index (χ1v) is 5.50. The van der Waals surface area contributed by atoms with Crippen LogP contribution in [0.2, 0.25) is 0 Å². The molecule has 1 atom stereocenters. The molecule has 1 saturated heterocycles. The molecule has 0 spiro atoms. The maximum Gasteiger partial charge on any atom is 0.415 e. The van der Waals surface area contributed by atoms with Gasteiger partial charge in [-0.15, -0.1) is 0 Å². The average molecular weight is 240 g/mol. The molecule has 0 aliphatic carbocycles. The fourth-order valence-electron chi connectivity index (χ4n) is 1.66. The van der Waals surface area contributed by atoms with Crippen LogP contribution >= 0.6 is 0 Å². The molecule has 0 saturated carbocycles. The lowest BCUT2D eigenvalue weighted by Gasteiger charge is -2.09. The van der Waals surface area contributed by atoms with Crippen molar-refractivity contribution in [3.63, 3.8) is 0 Å². The number of nitrogens with one attached hydrogen (secondary N) is 2. The molecule has 4 N–H and O–H groups in total. The molecule has 1 fully saturated rings. The summed E-state index contributed by atoms with van der Waals surface area (Å²) in [5.41, 5.74) is 8.15. The SMILES string of the molecule is [C-]#[N+]NC(NC[C@H](N)C(=O)OC)=[N+]1CCCC1. The van der Waals surface area contributed by atoms with Crippen molar-refractivity contribution in [3.8, 4) is 0 Å². The Bertz CT molecular complexity index is 339. The second kappa shape index (κ2) is 6.70. The minimum Gasteiger partial charge on any atom is -0.468 e. The molecule has 0 radical (unpaired) electrons. The van der Waals surface area contributed by atoms with Crippen LogP contribution in [0.15, 0.2) is 0 Å². The van der Waals surface area contributed by atoms with Gasteiger partial charge in [0.05, 0.1) is 26.7 Å². The van der Waals surface area contributed by atoms with Gasteiger partial charge in [0.15, 0.2) is 0 Å². The number of hydrogen-bond acceptors (Lipinski definition) is 3. The highest BCUT2D eigenvalue weighted by Gasteiger charge is 2.22. The highest BCUT2D eigenvalue weighted by atomic mass is 16.5. The molecule has 0 bridgehead atoms. The van der Waals surface area contributed by atoms with Gasteiger partial charge in [-0.1, -0.05) is 4.95 Å². The molecular formula is C10H18N5O2+. The summed E-state index contributed by atoms with van der Waals surface area (Å²) >= 11 is 0. The Hall–Kier alpha value is -1.81. The van der Waals surface area contributed by atoms with E-state index in [0.717, 1.165) is 25.9 Å². The molecule has 17 heavy (non-hydrogen) atoms. The van der Waals surface area contributed by atoms with Crippen molar-refractivity contribution < 1.29 is 14.1 Å². The third-order valence-corrected chi connectivity index (χ3v) is 2.58. The van der Waals surface area contributed by atoms with Gasteiger partial charge in [0.2, 0.25) is 0 Å². The monoisotopic (exact) mass is 240 g/mol. The molecule has 1 heterocycles. The van der Waals surface area contributed by atoms with Gasteiger partial charge in [-0.3, -0.25) is 14.7 Å². The van der Waals surface area contributed by atoms with Crippen molar-refractivity contribution >= 4 is 11.9 Å². The van der Waals surface area contributed by atoms with E-state index >= 15 is 0 Å². The molecule has 7 heteroatoms. The van der Waals surface area contributed by atoms with E-state index in [-0.39, 0.29) is 6.54 Å². The molecule has 94 valence electrons. The van der Waals surface area contributed by atoms with Gasteiger partial charge in [-0.2, -0.15) is 6.57 Å².